The first-order chi connectivity index (χ1) is 22.8. The molecule has 0 amide bonds. The Morgan fingerprint density at radius 1 is 0.592 bits per heavy atom. The molecule has 2 atom stereocenters. The Morgan fingerprint density at radius 3 is 1.14 bits per heavy atom. The van der Waals surface area contributed by atoms with Gasteiger partial charge in [0.05, 0.1) is 12.1 Å². The second-order valence-electron chi connectivity index (χ2n) is 13.8. The number of nitrogens with one attached hydrogen (secondary N) is 2. The largest absolute Gasteiger partial charge is 0.459 e. The molecule has 267 valence electrons. The summed E-state index contributed by atoms with van der Waals surface area (Å²) in [6.45, 7) is 15.0. The van der Waals surface area contributed by atoms with E-state index in [4.69, 9.17) is 9.47 Å². The van der Waals surface area contributed by atoms with Crippen molar-refractivity contribution in [2.75, 3.05) is 0 Å². The van der Waals surface area contributed by atoms with Gasteiger partial charge in [0, 0.05) is 29.2 Å². The summed E-state index contributed by atoms with van der Waals surface area (Å²) in [5, 5.41) is 6.91. The minimum Gasteiger partial charge on any atom is -0.459 e. The quantitative estimate of drug-likeness (QED) is 0.0955. The molecule has 0 bridgehead atoms. The third-order valence-electron chi connectivity index (χ3n) is 9.60. The average molecular weight is 716 g/mol. The van der Waals surface area contributed by atoms with Crippen LogP contribution >= 0.6 is 0 Å². The fourth-order valence-electron chi connectivity index (χ4n) is 7.45. The molecule has 0 saturated heterocycles. The SMILES string of the molecule is CC(=O)/C(=C\N[C@@H](c1c(C)cc(C)cc1C)[C@@H](N/C=C(\C(C)=O)C(=O)OC1CCCC1)c1c(C)cc(C)cc1C)C(=O)OC1CCCC1.[Co]. The summed E-state index contributed by atoms with van der Waals surface area (Å²) in [6, 6.07) is 7.31. The smallest absolute Gasteiger partial charge is 0.343 e. The minimum atomic E-state index is -0.640. The number of aryl methyl sites for hydroxylation is 6. The van der Waals surface area contributed by atoms with Crippen molar-refractivity contribution in [2.24, 2.45) is 0 Å². The monoisotopic (exact) mass is 715 g/mol. The van der Waals surface area contributed by atoms with Crippen LogP contribution in [0.15, 0.2) is 47.8 Å². The van der Waals surface area contributed by atoms with Gasteiger partial charge in [0.15, 0.2) is 11.6 Å². The molecule has 0 spiro atoms. The topological polar surface area (TPSA) is 111 Å². The second-order valence-corrected chi connectivity index (χ2v) is 13.8. The van der Waals surface area contributed by atoms with E-state index in [-0.39, 0.29) is 40.1 Å². The van der Waals surface area contributed by atoms with Gasteiger partial charge < -0.3 is 20.1 Å². The second kappa shape index (κ2) is 17.8. The van der Waals surface area contributed by atoms with E-state index in [1.807, 2.05) is 41.5 Å². The van der Waals surface area contributed by atoms with Gasteiger partial charge in [-0.1, -0.05) is 35.4 Å². The van der Waals surface area contributed by atoms with Crippen LogP contribution in [0.1, 0.15) is 122 Å². The van der Waals surface area contributed by atoms with E-state index in [0.717, 1.165) is 95.9 Å². The Hall–Kier alpha value is -3.69. The third kappa shape index (κ3) is 10.2. The molecule has 2 aromatic rings. The maximum atomic E-state index is 13.3. The van der Waals surface area contributed by atoms with Crippen LogP contribution in [-0.4, -0.2) is 35.7 Å². The molecule has 0 heterocycles. The standard InChI is InChI=1S/C40H52N2O6.Co/c1-23-17-25(3)35(26(4)18-23)37(41-21-33(29(7)43)39(45)47-31-13-9-10-14-31)38(36-27(5)19-24(2)20-28(36)6)42-22-34(30(8)44)40(46)48-32-15-11-12-16-32;/h17-22,31-32,37-38,41-42H,9-16H2,1-8H3;/b33-21+,34-22+;/t37-,38-;/m0./s1. The van der Waals surface area contributed by atoms with Crippen LogP contribution in [0.25, 0.3) is 0 Å². The van der Waals surface area contributed by atoms with E-state index >= 15 is 0 Å². The predicted octanol–water partition coefficient (Wildman–Crippen LogP) is 7.41. The molecule has 49 heavy (non-hydrogen) atoms. The van der Waals surface area contributed by atoms with Gasteiger partial charge in [-0.15, -0.1) is 0 Å². The molecule has 1 radical (unpaired) electrons. The number of esters is 2. The first-order valence-electron chi connectivity index (χ1n) is 17.3. The Labute approximate surface area is 302 Å². The summed E-state index contributed by atoms with van der Waals surface area (Å²) >= 11 is 0. The molecular weight excluding hydrogens is 663 g/mol. The summed E-state index contributed by atoms with van der Waals surface area (Å²) < 4.78 is 11.5. The zero-order valence-electron chi connectivity index (χ0n) is 30.2. The van der Waals surface area contributed by atoms with Crippen LogP contribution in [0, 0.1) is 41.5 Å². The van der Waals surface area contributed by atoms with Crippen molar-refractivity contribution in [2.45, 2.75) is 131 Å². The molecule has 9 heteroatoms. The van der Waals surface area contributed by atoms with Gasteiger partial charge >= 0.3 is 11.9 Å². The Morgan fingerprint density at radius 2 is 0.878 bits per heavy atom. The summed E-state index contributed by atoms with van der Waals surface area (Å²) in [5.41, 5.74) is 8.07. The van der Waals surface area contributed by atoms with Crippen molar-refractivity contribution in [1.29, 1.82) is 0 Å². The molecule has 4 rings (SSSR count). The van der Waals surface area contributed by atoms with Gasteiger partial charge in [-0.05, 0) is 140 Å². The van der Waals surface area contributed by atoms with Crippen LogP contribution < -0.4 is 10.6 Å². The zero-order chi connectivity index (χ0) is 35.1. The van der Waals surface area contributed by atoms with Gasteiger partial charge in [0.25, 0.3) is 0 Å². The summed E-state index contributed by atoms with van der Waals surface area (Å²) in [6.07, 6.45) is 9.72. The van der Waals surface area contributed by atoms with Crippen LogP contribution in [0.3, 0.4) is 0 Å². The van der Waals surface area contributed by atoms with Gasteiger partial charge in [-0.2, -0.15) is 0 Å². The number of ether oxygens (including phenoxy) is 2. The Bertz CT molecular complexity index is 1450. The molecule has 8 nitrogen and oxygen atoms in total. The van der Waals surface area contributed by atoms with Crippen molar-refractivity contribution in [3.63, 3.8) is 0 Å². The van der Waals surface area contributed by atoms with Gasteiger partial charge in [0.2, 0.25) is 0 Å². The summed E-state index contributed by atoms with van der Waals surface area (Å²) in [5.74, 6) is -2.08. The number of benzene rings is 2. The molecule has 2 saturated carbocycles. The van der Waals surface area contributed by atoms with Crippen LogP contribution in [0.4, 0.5) is 0 Å². The Balaban J connectivity index is 0.00000650. The molecule has 2 aliphatic rings. The Kier molecular flexibility index (Phi) is 14.4. The van der Waals surface area contributed by atoms with Crippen LogP contribution in [-0.2, 0) is 45.4 Å². The van der Waals surface area contributed by atoms with E-state index in [2.05, 4.69) is 34.9 Å². The first kappa shape index (κ1) is 39.7. The molecule has 2 aliphatic carbocycles. The molecule has 2 fully saturated rings. The molecule has 2 N–H and O–H groups in total. The normalized spacial score (nSPS) is 16.8. The van der Waals surface area contributed by atoms with Gasteiger partial charge in [-0.3, -0.25) is 9.59 Å². The van der Waals surface area contributed by atoms with E-state index in [1.165, 1.54) is 26.2 Å². The van der Waals surface area contributed by atoms with E-state index in [0.29, 0.717) is 0 Å². The van der Waals surface area contributed by atoms with Crippen LogP contribution in [0.2, 0.25) is 0 Å². The maximum Gasteiger partial charge on any atom is 0.343 e. The average Bonchev–Trinajstić information content (AvgIpc) is 3.69. The maximum absolute atomic E-state index is 13.3. The zero-order valence-corrected chi connectivity index (χ0v) is 31.3. The fraction of sp³-hybridized carbons (Fsp3) is 0.500. The number of rotatable bonds is 13. The van der Waals surface area contributed by atoms with Gasteiger partial charge in [-0.25, -0.2) is 9.59 Å². The van der Waals surface area contributed by atoms with E-state index < -0.39 is 35.6 Å². The van der Waals surface area contributed by atoms with Gasteiger partial charge in [0.1, 0.15) is 23.4 Å². The van der Waals surface area contributed by atoms with Crippen molar-refractivity contribution in [3.8, 4) is 0 Å². The van der Waals surface area contributed by atoms with Crippen molar-refractivity contribution < 1.29 is 45.4 Å². The molecule has 0 aromatic heterocycles. The first-order valence-corrected chi connectivity index (χ1v) is 17.3. The minimum absolute atomic E-state index is 0. The fourth-order valence-corrected chi connectivity index (χ4v) is 7.45. The number of Topliss-reactive ketones (excluding diaryl/α,β-unsaturated/α-hetero) is 2. The summed E-state index contributed by atoms with van der Waals surface area (Å²) in [7, 11) is 0. The summed E-state index contributed by atoms with van der Waals surface area (Å²) in [4.78, 5) is 52.3. The molecular formula is C40H52CoN2O6. The van der Waals surface area contributed by atoms with Crippen molar-refractivity contribution in [1.82, 2.24) is 10.6 Å². The van der Waals surface area contributed by atoms with Crippen molar-refractivity contribution in [3.05, 3.63) is 92.3 Å². The number of ketones is 2. The molecule has 0 unspecified atom stereocenters. The van der Waals surface area contributed by atoms with E-state index in [1.54, 1.807) is 0 Å². The molecule has 0 aliphatic heterocycles. The number of hydrogen-bond acceptors (Lipinski definition) is 8. The third-order valence-corrected chi connectivity index (χ3v) is 9.60. The predicted molar refractivity (Wildman–Crippen MR) is 187 cm³/mol. The number of carbonyl (C=O) groups is 4. The van der Waals surface area contributed by atoms with Crippen molar-refractivity contribution >= 4 is 23.5 Å². The van der Waals surface area contributed by atoms with Crippen LogP contribution in [0.5, 0.6) is 0 Å². The number of carbonyl (C=O) groups excluding carboxylic acids is 4. The number of hydrogen-bond donors (Lipinski definition) is 2. The van der Waals surface area contributed by atoms with E-state index in [9.17, 15) is 19.2 Å². The molecule has 2 aromatic carbocycles.